The maximum atomic E-state index is 12.7. The summed E-state index contributed by atoms with van der Waals surface area (Å²) in [4.78, 5) is 49.9. The summed E-state index contributed by atoms with van der Waals surface area (Å²) in [5, 5.41) is 0. The van der Waals surface area contributed by atoms with Gasteiger partial charge in [-0.05, 0) is 44.0 Å². The number of ether oxygens (including phenoxy) is 1. The number of aromatic nitrogens is 1. The number of rotatable bonds is 2. The fourth-order valence-electron chi connectivity index (χ4n) is 3.36. The highest BCUT2D eigenvalue weighted by Gasteiger charge is 2.41. The van der Waals surface area contributed by atoms with Crippen LogP contribution in [0.25, 0.3) is 11.1 Å². The highest BCUT2D eigenvalue weighted by Crippen LogP contribution is 2.42. The SMILES string of the molecule is CCOC(=O)c1c2c(n(C(N)=O)c1C)C(=O)C(=O)c1c(C)cc(Br)cc1-2. The topological polar surface area (TPSA) is 108 Å². The van der Waals surface area contributed by atoms with E-state index in [-0.39, 0.29) is 34.7 Å². The number of ketones is 2. The minimum absolute atomic E-state index is 0.0558. The van der Waals surface area contributed by atoms with Crippen molar-refractivity contribution in [2.75, 3.05) is 6.61 Å². The Balaban J connectivity index is 2.52. The average molecular weight is 419 g/mol. The molecule has 0 radical (unpaired) electrons. The van der Waals surface area contributed by atoms with Gasteiger partial charge in [-0.15, -0.1) is 0 Å². The molecule has 3 rings (SSSR count). The number of halogens is 1. The first-order chi connectivity index (χ1) is 12.2. The summed E-state index contributed by atoms with van der Waals surface area (Å²) >= 11 is 3.36. The average Bonchev–Trinajstić information content (AvgIpc) is 2.85. The molecule has 1 aliphatic rings. The summed E-state index contributed by atoms with van der Waals surface area (Å²) in [5.74, 6) is -2.31. The number of carbonyl (C=O) groups excluding carboxylic acids is 4. The molecule has 7 nitrogen and oxygen atoms in total. The number of hydrogen-bond acceptors (Lipinski definition) is 5. The zero-order valence-corrected chi connectivity index (χ0v) is 15.9. The van der Waals surface area contributed by atoms with Crippen LogP contribution in [0.3, 0.4) is 0 Å². The number of fused-ring (bicyclic) bond motifs is 3. The maximum absolute atomic E-state index is 12.7. The van der Waals surface area contributed by atoms with Crippen LogP contribution in [0, 0.1) is 13.8 Å². The van der Waals surface area contributed by atoms with Gasteiger partial charge < -0.3 is 10.5 Å². The lowest BCUT2D eigenvalue weighted by molar-refractivity contribution is 0.0526. The molecule has 0 fully saturated rings. The third-order valence-corrected chi connectivity index (χ3v) is 4.78. The first-order valence-corrected chi connectivity index (χ1v) is 8.61. The minimum Gasteiger partial charge on any atom is -0.462 e. The third kappa shape index (κ3) is 2.40. The van der Waals surface area contributed by atoms with Crippen LogP contribution in [-0.2, 0) is 4.74 Å². The zero-order chi connectivity index (χ0) is 19.3. The normalized spacial score (nSPS) is 12.6. The van der Waals surface area contributed by atoms with E-state index in [1.165, 1.54) is 6.92 Å². The fraction of sp³-hybridized carbons (Fsp3) is 0.222. The number of primary amides is 1. The first-order valence-electron chi connectivity index (χ1n) is 7.82. The summed E-state index contributed by atoms with van der Waals surface area (Å²) < 4.78 is 6.66. The van der Waals surface area contributed by atoms with Crippen molar-refractivity contribution >= 4 is 39.5 Å². The lowest BCUT2D eigenvalue weighted by Crippen LogP contribution is -2.30. The van der Waals surface area contributed by atoms with Crippen molar-refractivity contribution in [1.29, 1.82) is 0 Å². The second-order valence-corrected chi connectivity index (χ2v) is 6.80. The van der Waals surface area contributed by atoms with Crippen LogP contribution in [-0.4, -0.2) is 34.7 Å². The number of benzene rings is 1. The van der Waals surface area contributed by atoms with Crippen LogP contribution in [0.2, 0.25) is 0 Å². The van der Waals surface area contributed by atoms with E-state index in [0.717, 1.165) is 4.57 Å². The largest absolute Gasteiger partial charge is 0.462 e. The molecule has 0 aliphatic heterocycles. The van der Waals surface area contributed by atoms with Crippen LogP contribution in [0.15, 0.2) is 16.6 Å². The van der Waals surface area contributed by atoms with Gasteiger partial charge in [0.1, 0.15) is 5.69 Å². The quantitative estimate of drug-likeness (QED) is 0.595. The fourth-order valence-corrected chi connectivity index (χ4v) is 3.93. The second-order valence-electron chi connectivity index (χ2n) is 5.88. The summed E-state index contributed by atoms with van der Waals surface area (Å²) in [5.41, 5.74) is 6.80. The van der Waals surface area contributed by atoms with Crippen molar-refractivity contribution in [3.63, 3.8) is 0 Å². The van der Waals surface area contributed by atoms with Gasteiger partial charge in [-0.1, -0.05) is 15.9 Å². The molecule has 2 N–H and O–H groups in total. The van der Waals surface area contributed by atoms with E-state index in [0.29, 0.717) is 15.6 Å². The van der Waals surface area contributed by atoms with Crippen LogP contribution >= 0.6 is 15.9 Å². The molecule has 1 aromatic heterocycles. The number of amides is 1. The Hall–Kier alpha value is -2.74. The predicted octanol–water partition coefficient (Wildman–Crippen LogP) is 3.02. The molecule has 1 aromatic carbocycles. The Morgan fingerprint density at radius 1 is 1.15 bits per heavy atom. The molecule has 0 spiro atoms. The second kappa shape index (κ2) is 6.21. The summed E-state index contributed by atoms with van der Waals surface area (Å²) in [6, 6.07) is 2.39. The van der Waals surface area contributed by atoms with Gasteiger partial charge in [0.05, 0.1) is 12.2 Å². The first kappa shape index (κ1) is 18.1. The molecule has 0 unspecified atom stereocenters. The van der Waals surface area contributed by atoms with Gasteiger partial charge in [0.25, 0.3) is 5.78 Å². The van der Waals surface area contributed by atoms with Gasteiger partial charge in [-0.25, -0.2) is 9.59 Å². The van der Waals surface area contributed by atoms with Crippen molar-refractivity contribution in [2.24, 2.45) is 5.73 Å². The Bertz CT molecular complexity index is 1020. The summed E-state index contributed by atoms with van der Waals surface area (Å²) in [6.07, 6.45) is 0. The molecule has 1 amide bonds. The lowest BCUT2D eigenvalue weighted by Gasteiger charge is -2.19. The standard InChI is InChI=1S/C18H15BrN2O5/c1-4-26-17(24)12-8(3)21(18(20)25)14-13(12)10-6-9(19)5-7(2)11(10)15(22)16(14)23/h5-6H,4H2,1-3H3,(H2,20,25). The maximum Gasteiger partial charge on any atom is 0.340 e. The molecule has 0 atom stereocenters. The van der Waals surface area contributed by atoms with Gasteiger partial charge >= 0.3 is 12.0 Å². The highest BCUT2D eigenvalue weighted by atomic mass is 79.9. The van der Waals surface area contributed by atoms with Crippen LogP contribution in [0.1, 0.15) is 49.4 Å². The number of aryl methyl sites for hydroxylation is 1. The number of carbonyl (C=O) groups is 4. The third-order valence-electron chi connectivity index (χ3n) is 4.33. The van der Waals surface area contributed by atoms with Crippen molar-refractivity contribution in [1.82, 2.24) is 4.57 Å². The highest BCUT2D eigenvalue weighted by molar-refractivity contribution is 9.10. The molecular weight excluding hydrogens is 404 g/mol. The van der Waals surface area contributed by atoms with E-state index in [4.69, 9.17) is 10.5 Å². The molecule has 0 bridgehead atoms. The van der Waals surface area contributed by atoms with E-state index in [1.807, 2.05) is 0 Å². The van der Waals surface area contributed by atoms with Gasteiger partial charge in [-0.2, -0.15) is 0 Å². The molecule has 1 heterocycles. The molecule has 1 aliphatic carbocycles. The van der Waals surface area contributed by atoms with E-state index in [1.54, 1.807) is 26.0 Å². The Morgan fingerprint density at radius 2 is 1.81 bits per heavy atom. The van der Waals surface area contributed by atoms with E-state index in [2.05, 4.69) is 15.9 Å². The monoisotopic (exact) mass is 418 g/mol. The molecule has 26 heavy (non-hydrogen) atoms. The molecular formula is C18H15BrN2O5. The van der Waals surface area contributed by atoms with E-state index < -0.39 is 23.6 Å². The summed E-state index contributed by atoms with van der Waals surface area (Å²) in [6.45, 7) is 4.94. The van der Waals surface area contributed by atoms with E-state index in [9.17, 15) is 19.2 Å². The Morgan fingerprint density at radius 3 is 2.38 bits per heavy atom. The molecule has 8 heteroatoms. The van der Waals surface area contributed by atoms with Crippen LogP contribution in [0.5, 0.6) is 0 Å². The molecule has 0 saturated heterocycles. The van der Waals surface area contributed by atoms with Crippen molar-refractivity contribution < 1.29 is 23.9 Å². The number of nitrogens with zero attached hydrogens (tertiary/aromatic N) is 1. The number of esters is 1. The van der Waals surface area contributed by atoms with Gasteiger partial charge in [0, 0.05) is 21.3 Å². The van der Waals surface area contributed by atoms with Crippen LogP contribution in [0.4, 0.5) is 4.79 Å². The van der Waals surface area contributed by atoms with Crippen molar-refractivity contribution in [3.05, 3.63) is 44.7 Å². The van der Waals surface area contributed by atoms with Crippen molar-refractivity contribution in [2.45, 2.75) is 20.8 Å². The Labute approximate surface area is 157 Å². The Kier molecular flexibility index (Phi) is 4.31. The molecule has 0 saturated carbocycles. The lowest BCUT2D eigenvalue weighted by atomic mass is 9.83. The number of hydrogen-bond donors (Lipinski definition) is 1. The van der Waals surface area contributed by atoms with Gasteiger partial charge in [0.2, 0.25) is 5.78 Å². The predicted molar refractivity (Wildman–Crippen MR) is 96.6 cm³/mol. The number of Topliss-reactive ketones (excluding diaryl/α,β-unsaturated/α-hetero) is 2. The molecule has 134 valence electrons. The summed E-state index contributed by atoms with van der Waals surface area (Å²) in [7, 11) is 0. The molecule has 2 aromatic rings. The van der Waals surface area contributed by atoms with E-state index >= 15 is 0 Å². The minimum atomic E-state index is -0.953. The van der Waals surface area contributed by atoms with Gasteiger partial charge in [-0.3, -0.25) is 14.2 Å². The van der Waals surface area contributed by atoms with Crippen molar-refractivity contribution in [3.8, 4) is 11.1 Å². The smallest absolute Gasteiger partial charge is 0.340 e. The zero-order valence-electron chi connectivity index (χ0n) is 14.3. The van der Waals surface area contributed by atoms with Gasteiger partial charge in [0.15, 0.2) is 0 Å². The number of nitrogens with two attached hydrogens (primary N) is 1. The van der Waals surface area contributed by atoms with Crippen LogP contribution < -0.4 is 5.73 Å².